The second kappa shape index (κ2) is 7.50. The summed E-state index contributed by atoms with van der Waals surface area (Å²) in [5, 5.41) is 14.0. The highest BCUT2D eigenvalue weighted by Crippen LogP contribution is 2.17. The fourth-order valence-corrected chi connectivity index (χ4v) is 2.20. The average molecular weight is 243 g/mol. The lowest BCUT2D eigenvalue weighted by atomic mass is 9.97. The van der Waals surface area contributed by atoms with Crippen LogP contribution in [0.2, 0.25) is 0 Å². The number of carbonyl (C=O) groups excluding carboxylic acids is 1. The molecule has 1 atom stereocenters. The van der Waals surface area contributed by atoms with Gasteiger partial charge in [0.1, 0.15) is 0 Å². The average Bonchev–Trinajstić information content (AvgIpc) is 2.34. The SMILES string of the molecule is CC(C)N1CCCC(CNC(=O)NCCO)C1. The number of carbonyl (C=O) groups is 1. The zero-order chi connectivity index (χ0) is 12.7. The van der Waals surface area contributed by atoms with Crippen LogP contribution in [-0.2, 0) is 0 Å². The minimum absolute atomic E-state index is 0.0159. The van der Waals surface area contributed by atoms with Crippen LogP contribution >= 0.6 is 0 Å². The molecule has 17 heavy (non-hydrogen) atoms. The first-order valence-electron chi connectivity index (χ1n) is 6.50. The van der Waals surface area contributed by atoms with Gasteiger partial charge in [0.2, 0.25) is 0 Å². The maximum atomic E-state index is 11.3. The summed E-state index contributed by atoms with van der Waals surface area (Å²) in [4.78, 5) is 13.8. The third-order valence-corrected chi connectivity index (χ3v) is 3.23. The Labute approximate surface area is 104 Å². The molecule has 0 spiro atoms. The molecule has 3 N–H and O–H groups in total. The fourth-order valence-electron chi connectivity index (χ4n) is 2.20. The van der Waals surface area contributed by atoms with Gasteiger partial charge in [0.05, 0.1) is 6.61 Å². The summed E-state index contributed by atoms with van der Waals surface area (Å²) in [5.41, 5.74) is 0. The normalized spacial score (nSPS) is 21.5. The molecule has 0 bridgehead atoms. The molecule has 1 heterocycles. The third kappa shape index (κ3) is 5.37. The summed E-state index contributed by atoms with van der Waals surface area (Å²) in [7, 11) is 0. The van der Waals surface area contributed by atoms with Crippen LogP contribution in [0.25, 0.3) is 0 Å². The number of nitrogens with zero attached hydrogens (tertiary/aromatic N) is 1. The van der Waals surface area contributed by atoms with Crippen LogP contribution in [0.4, 0.5) is 4.79 Å². The molecule has 1 unspecified atom stereocenters. The maximum Gasteiger partial charge on any atom is 0.314 e. The van der Waals surface area contributed by atoms with Crippen molar-refractivity contribution in [3.8, 4) is 0 Å². The maximum absolute atomic E-state index is 11.3. The monoisotopic (exact) mass is 243 g/mol. The molecule has 1 fully saturated rings. The number of hydrogen-bond donors (Lipinski definition) is 3. The first-order valence-corrected chi connectivity index (χ1v) is 6.50. The molecule has 0 saturated carbocycles. The Morgan fingerprint density at radius 1 is 1.47 bits per heavy atom. The van der Waals surface area contributed by atoms with Crippen molar-refractivity contribution in [3.05, 3.63) is 0 Å². The second-order valence-corrected chi connectivity index (χ2v) is 4.96. The molecule has 0 aromatic heterocycles. The van der Waals surface area contributed by atoms with E-state index in [4.69, 9.17) is 5.11 Å². The van der Waals surface area contributed by atoms with Gasteiger partial charge in [-0.1, -0.05) is 0 Å². The quantitative estimate of drug-likeness (QED) is 0.655. The number of likely N-dealkylation sites (tertiary alicyclic amines) is 1. The number of urea groups is 1. The summed E-state index contributed by atoms with van der Waals surface area (Å²) in [6.45, 7) is 7.68. The van der Waals surface area contributed by atoms with Gasteiger partial charge in [-0.2, -0.15) is 0 Å². The smallest absolute Gasteiger partial charge is 0.314 e. The summed E-state index contributed by atoms with van der Waals surface area (Å²) >= 11 is 0. The first kappa shape index (κ1) is 14.3. The van der Waals surface area contributed by atoms with Crippen molar-refractivity contribution in [1.82, 2.24) is 15.5 Å². The number of amides is 2. The van der Waals surface area contributed by atoms with Gasteiger partial charge in [0.15, 0.2) is 0 Å². The minimum Gasteiger partial charge on any atom is -0.395 e. The van der Waals surface area contributed by atoms with Crippen LogP contribution in [0.1, 0.15) is 26.7 Å². The van der Waals surface area contributed by atoms with Crippen LogP contribution in [0.15, 0.2) is 0 Å². The van der Waals surface area contributed by atoms with Gasteiger partial charge in [0.25, 0.3) is 0 Å². The van der Waals surface area contributed by atoms with Crippen LogP contribution < -0.4 is 10.6 Å². The van der Waals surface area contributed by atoms with Crippen LogP contribution in [-0.4, -0.2) is 54.9 Å². The molecule has 0 radical (unpaired) electrons. The van der Waals surface area contributed by atoms with Crippen molar-refractivity contribution in [1.29, 1.82) is 0 Å². The highest BCUT2D eigenvalue weighted by atomic mass is 16.3. The summed E-state index contributed by atoms with van der Waals surface area (Å²) in [6, 6.07) is 0.404. The third-order valence-electron chi connectivity index (χ3n) is 3.23. The number of piperidine rings is 1. The summed E-state index contributed by atoms with van der Waals surface area (Å²) < 4.78 is 0. The molecule has 1 aliphatic rings. The van der Waals surface area contributed by atoms with Crippen molar-refractivity contribution in [3.63, 3.8) is 0 Å². The zero-order valence-electron chi connectivity index (χ0n) is 10.9. The zero-order valence-corrected chi connectivity index (χ0v) is 10.9. The van der Waals surface area contributed by atoms with E-state index >= 15 is 0 Å². The van der Waals surface area contributed by atoms with Gasteiger partial charge in [-0.15, -0.1) is 0 Å². The molecule has 1 rings (SSSR count). The summed E-state index contributed by atoms with van der Waals surface area (Å²) in [6.07, 6.45) is 2.40. The van der Waals surface area contributed by atoms with E-state index in [2.05, 4.69) is 29.4 Å². The number of nitrogens with one attached hydrogen (secondary N) is 2. The summed E-state index contributed by atoms with van der Waals surface area (Å²) in [5.74, 6) is 0.547. The highest BCUT2D eigenvalue weighted by Gasteiger charge is 2.21. The van der Waals surface area contributed by atoms with Crippen molar-refractivity contribution in [2.45, 2.75) is 32.7 Å². The largest absolute Gasteiger partial charge is 0.395 e. The molecular formula is C12H25N3O2. The molecule has 1 saturated heterocycles. The first-order chi connectivity index (χ1) is 8.13. The van der Waals surface area contributed by atoms with Crippen molar-refractivity contribution in [2.24, 2.45) is 5.92 Å². The number of rotatable bonds is 5. The Morgan fingerprint density at radius 3 is 2.88 bits per heavy atom. The Kier molecular flexibility index (Phi) is 6.29. The van der Waals surface area contributed by atoms with Gasteiger partial charge in [-0.3, -0.25) is 0 Å². The Balaban J connectivity index is 2.20. The lowest BCUT2D eigenvalue weighted by Crippen LogP contribution is -2.45. The van der Waals surface area contributed by atoms with E-state index < -0.39 is 0 Å². The van der Waals surface area contributed by atoms with E-state index in [1.807, 2.05) is 0 Å². The van der Waals surface area contributed by atoms with E-state index in [0.29, 0.717) is 18.5 Å². The van der Waals surface area contributed by atoms with Gasteiger partial charge < -0.3 is 20.6 Å². The molecule has 0 aromatic carbocycles. The lowest BCUT2D eigenvalue weighted by Gasteiger charge is -2.35. The van der Waals surface area contributed by atoms with Crippen molar-refractivity contribution >= 4 is 6.03 Å². The van der Waals surface area contributed by atoms with Gasteiger partial charge >= 0.3 is 6.03 Å². The molecule has 1 aliphatic heterocycles. The van der Waals surface area contributed by atoms with Crippen LogP contribution in [0, 0.1) is 5.92 Å². The fraction of sp³-hybridized carbons (Fsp3) is 0.917. The minimum atomic E-state index is -0.180. The Morgan fingerprint density at radius 2 is 2.24 bits per heavy atom. The predicted molar refractivity (Wildman–Crippen MR) is 67.9 cm³/mol. The van der Waals surface area contributed by atoms with Gasteiger partial charge in [-0.05, 0) is 39.2 Å². The molecule has 0 aliphatic carbocycles. The Bertz CT molecular complexity index is 234. The molecule has 2 amide bonds. The van der Waals surface area contributed by atoms with Crippen LogP contribution in [0.5, 0.6) is 0 Å². The van der Waals surface area contributed by atoms with Gasteiger partial charge in [0, 0.05) is 25.7 Å². The lowest BCUT2D eigenvalue weighted by molar-refractivity contribution is 0.139. The second-order valence-electron chi connectivity index (χ2n) is 4.96. The molecule has 5 heteroatoms. The molecule has 0 aromatic rings. The number of aliphatic hydroxyl groups excluding tert-OH is 1. The Hall–Kier alpha value is -0.810. The van der Waals surface area contributed by atoms with E-state index in [0.717, 1.165) is 13.1 Å². The van der Waals surface area contributed by atoms with Gasteiger partial charge in [-0.25, -0.2) is 4.79 Å². The van der Waals surface area contributed by atoms with E-state index in [9.17, 15) is 4.79 Å². The highest BCUT2D eigenvalue weighted by molar-refractivity contribution is 5.73. The van der Waals surface area contributed by atoms with E-state index in [-0.39, 0.29) is 12.6 Å². The van der Waals surface area contributed by atoms with Crippen molar-refractivity contribution in [2.75, 3.05) is 32.8 Å². The van der Waals surface area contributed by atoms with E-state index in [1.165, 1.54) is 19.4 Å². The molecule has 100 valence electrons. The van der Waals surface area contributed by atoms with E-state index in [1.54, 1.807) is 0 Å². The van der Waals surface area contributed by atoms with Crippen molar-refractivity contribution < 1.29 is 9.90 Å². The number of hydrogen-bond acceptors (Lipinski definition) is 3. The standard InChI is InChI=1S/C12H25N3O2/c1-10(2)15-6-3-4-11(9-15)8-14-12(17)13-5-7-16/h10-11,16H,3-9H2,1-2H3,(H2,13,14,17). The molecule has 5 nitrogen and oxygen atoms in total. The topological polar surface area (TPSA) is 64.6 Å². The molecular weight excluding hydrogens is 218 g/mol. The van der Waals surface area contributed by atoms with Crippen LogP contribution in [0.3, 0.4) is 0 Å². The predicted octanol–water partition coefficient (Wildman–Crippen LogP) is 0.398. The number of aliphatic hydroxyl groups is 1.